The second-order valence-electron chi connectivity index (χ2n) is 10.8. The third kappa shape index (κ3) is 7.32. The Bertz CT molecular complexity index is 1190. The van der Waals surface area contributed by atoms with E-state index in [1.165, 1.54) is 10.4 Å². The monoisotopic (exact) mass is 540 g/mol. The van der Waals surface area contributed by atoms with Gasteiger partial charge in [-0.25, -0.2) is 0 Å². The lowest BCUT2D eigenvalue weighted by Crippen LogP contribution is -2.67. The van der Waals surface area contributed by atoms with Crippen molar-refractivity contribution in [2.45, 2.75) is 51.2 Å². The molecule has 204 valence electrons. The Labute approximate surface area is 234 Å². The molecular formula is C34H40O4Si. The third-order valence-electron chi connectivity index (χ3n) is 7.09. The predicted molar refractivity (Wildman–Crippen MR) is 161 cm³/mol. The Balaban J connectivity index is 1.65. The summed E-state index contributed by atoms with van der Waals surface area (Å²) < 4.78 is 19.9. The van der Waals surface area contributed by atoms with E-state index in [2.05, 4.69) is 69.3 Å². The second-order valence-corrected chi connectivity index (χ2v) is 15.1. The van der Waals surface area contributed by atoms with Crippen LogP contribution in [0.4, 0.5) is 0 Å². The molecule has 0 radical (unpaired) electrons. The molecule has 0 saturated carbocycles. The van der Waals surface area contributed by atoms with E-state index in [-0.39, 0.29) is 11.6 Å². The number of ether oxygens (including phenoxy) is 2. The molecule has 0 aliphatic rings. The van der Waals surface area contributed by atoms with Gasteiger partial charge in [0.2, 0.25) is 0 Å². The molecule has 4 aromatic carbocycles. The fraction of sp³-hybridized carbons (Fsp3) is 0.294. The highest BCUT2D eigenvalue weighted by molar-refractivity contribution is 6.99. The van der Waals surface area contributed by atoms with Gasteiger partial charge in [0.15, 0.2) is 0 Å². The Morgan fingerprint density at radius 3 is 1.36 bits per heavy atom. The first kappa shape index (κ1) is 28.9. The average Bonchev–Trinajstić information content (AvgIpc) is 2.97. The molecule has 0 aromatic heterocycles. The summed E-state index contributed by atoms with van der Waals surface area (Å²) in [7, 11) is -2.78. The van der Waals surface area contributed by atoms with E-state index in [1.54, 1.807) is 0 Å². The maximum Gasteiger partial charge on any atom is 0.261 e. The standard InChI is InChI=1S/C34H40O4Si/c1-34(2,3)39(30-20-12-6-13-21-30,31-22-14-7-15-23-31)38-27-33(37-26-29-18-10-5-11-19-29)32(24-35)36-25-28-16-8-4-9-17-28/h4-23,32-33,35H,24-27H2,1-3H3/t32-,33-/m0/s1. The maximum atomic E-state index is 10.4. The van der Waals surface area contributed by atoms with Crippen molar-refractivity contribution in [1.29, 1.82) is 0 Å². The van der Waals surface area contributed by atoms with E-state index >= 15 is 0 Å². The lowest BCUT2D eigenvalue weighted by molar-refractivity contribution is -0.117. The zero-order valence-corrected chi connectivity index (χ0v) is 24.2. The normalized spacial score (nSPS) is 13.6. The molecule has 0 aliphatic carbocycles. The van der Waals surface area contributed by atoms with Crippen LogP contribution in [0.25, 0.3) is 0 Å². The van der Waals surface area contributed by atoms with E-state index in [0.29, 0.717) is 19.8 Å². The smallest absolute Gasteiger partial charge is 0.261 e. The van der Waals surface area contributed by atoms with Gasteiger partial charge in [0.25, 0.3) is 8.32 Å². The summed E-state index contributed by atoms with van der Waals surface area (Å²) in [5, 5.41) is 12.7. The molecule has 0 spiro atoms. The average molecular weight is 541 g/mol. The van der Waals surface area contributed by atoms with Gasteiger partial charge < -0.3 is 19.0 Å². The van der Waals surface area contributed by atoms with Crippen molar-refractivity contribution in [2.24, 2.45) is 0 Å². The fourth-order valence-electron chi connectivity index (χ4n) is 5.06. The molecule has 0 heterocycles. The number of benzene rings is 4. The van der Waals surface area contributed by atoms with Gasteiger partial charge in [-0.15, -0.1) is 0 Å². The number of aliphatic hydroxyl groups excluding tert-OH is 1. The molecule has 0 fully saturated rings. The summed E-state index contributed by atoms with van der Waals surface area (Å²) >= 11 is 0. The highest BCUT2D eigenvalue weighted by Gasteiger charge is 2.50. The molecule has 0 amide bonds. The predicted octanol–water partition coefficient (Wildman–Crippen LogP) is 5.73. The SMILES string of the molecule is CC(C)(C)[Si](OC[C@H](OCc1ccccc1)[C@H](CO)OCc1ccccc1)(c1ccccc1)c1ccccc1. The van der Waals surface area contributed by atoms with Gasteiger partial charge in [-0.1, -0.05) is 142 Å². The van der Waals surface area contributed by atoms with Crippen LogP contribution in [0.1, 0.15) is 31.9 Å². The molecule has 0 unspecified atom stereocenters. The largest absolute Gasteiger partial charge is 0.405 e. The number of rotatable bonds is 13. The van der Waals surface area contributed by atoms with Gasteiger partial charge in [0.05, 0.1) is 26.4 Å². The summed E-state index contributed by atoms with van der Waals surface area (Å²) in [5.41, 5.74) is 2.11. The van der Waals surface area contributed by atoms with Gasteiger partial charge in [-0.3, -0.25) is 0 Å². The summed E-state index contributed by atoms with van der Waals surface area (Å²) in [6.07, 6.45) is -1.02. The first-order chi connectivity index (χ1) is 18.9. The molecule has 2 atom stereocenters. The van der Waals surface area contributed by atoms with Crippen molar-refractivity contribution in [3.05, 3.63) is 132 Å². The van der Waals surface area contributed by atoms with Crippen LogP contribution in [0, 0.1) is 0 Å². The van der Waals surface area contributed by atoms with Gasteiger partial charge in [-0.2, -0.15) is 0 Å². The molecule has 0 aliphatic heterocycles. The van der Waals surface area contributed by atoms with E-state index in [4.69, 9.17) is 13.9 Å². The molecule has 0 saturated heterocycles. The van der Waals surface area contributed by atoms with Crippen LogP contribution in [0.5, 0.6) is 0 Å². The number of aliphatic hydroxyl groups is 1. The van der Waals surface area contributed by atoms with Crippen molar-refractivity contribution < 1.29 is 19.0 Å². The van der Waals surface area contributed by atoms with E-state index in [0.717, 1.165) is 11.1 Å². The van der Waals surface area contributed by atoms with E-state index in [1.807, 2.05) is 72.8 Å². The van der Waals surface area contributed by atoms with Crippen LogP contribution in [0.2, 0.25) is 5.04 Å². The lowest BCUT2D eigenvalue weighted by atomic mass is 10.2. The van der Waals surface area contributed by atoms with E-state index < -0.39 is 20.5 Å². The maximum absolute atomic E-state index is 10.4. The number of hydrogen-bond acceptors (Lipinski definition) is 4. The summed E-state index contributed by atoms with van der Waals surface area (Å²) in [5.74, 6) is 0. The van der Waals surface area contributed by atoms with Crippen LogP contribution in [-0.2, 0) is 27.1 Å². The van der Waals surface area contributed by atoms with Crippen LogP contribution >= 0.6 is 0 Å². The zero-order valence-electron chi connectivity index (χ0n) is 23.2. The molecule has 39 heavy (non-hydrogen) atoms. The van der Waals surface area contributed by atoms with Gasteiger partial charge >= 0.3 is 0 Å². The summed E-state index contributed by atoms with van der Waals surface area (Å²) in [6, 6.07) is 41.2. The fourth-order valence-corrected chi connectivity index (χ4v) is 9.63. The van der Waals surface area contributed by atoms with Crippen molar-refractivity contribution in [3.63, 3.8) is 0 Å². The summed E-state index contributed by atoms with van der Waals surface area (Å²) in [4.78, 5) is 0. The molecule has 1 N–H and O–H groups in total. The van der Waals surface area contributed by atoms with Crippen molar-refractivity contribution >= 4 is 18.7 Å². The first-order valence-electron chi connectivity index (χ1n) is 13.6. The minimum absolute atomic E-state index is 0.167. The van der Waals surface area contributed by atoms with E-state index in [9.17, 15) is 5.11 Å². The minimum atomic E-state index is -2.78. The van der Waals surface area contributed by atoms with Gasteiger partial charge in [0.1, 0.15) is 12.2 Å². The first-order valence-corrected chi connectivity index (χ1v) is 15.5. The molecule has 5 heteroatoms. The highest BCUT2D eigenvalue weighted by atomic mass is 28.4. The Kier molecular flexibility index (Phi) is 10.3. The molecule has 0 bridgehead atoms. The zero-order chi connectivity index (χ0) is 27.6. The Morgan fingerprint density at radius 1 is 0.590 bits per heavy atom. The van der Waals surface area contributed by atoms with Crippen LogP contribution in [-0.4, -0.2) is 38.8 Å². The summed E-state index contributed by atoms with van der Waals surface area (Å²) in [6.45, 7) is 7.69. The second kappa shape index (κ2) is 13.8. The van der Waals surface area contributed by atoms with Crippen molar-refractivity contribution in [1.82, 2.24) is 0 Å². The van der Waals surface area contributed by atoms with Crippen molar-refractivity contribution in [2.75, 3.05) is 13.2 Å². The van der Waals surface area contributed by atoms with Gasteiger partial charge in [-0.05, 0) is 26.5 Å². The van der Waals surface area contributed by atoms with Crippen molar-refractivity contribution in [3.8, 4) is 0 Å². The third-order valence-corrected chi connectivity index (χ3v) is 12.1. The molecular weight excluding hydrogens is 500 g/mol. The van der Waals surface area contributed by atoms with Gasteiger partial charge in [0, 0.05) is 0 Å². The topological polar surface area (TPSA) is 47.9 Å². The molecule has 4 rings (SSSR count). The minimum Gasteiger partial charge on any atom is -0.405 e. The van der Waals surface area contributed by atoms with Crippen LogP contribution in [0.3, 0.4) is 0 Å². The quantitative estimate of drug-likeness (QED) is 0.220. The molecule has 4 nitrogen and oxygen atoms in total. The van der Waals surface area contributed by atoms with Crippen LogP contribution < -0.4 is 10.4 Å². The number of hydrogen-bond donors (Lipinski definition) is 1. The molecule has 4 aromatic rings. The lowest BCUT2D eigenvalue weighted by Gasteiger charge is -2.44. The Hall–Kier alpha value is -3.06. The highest BCUT2D eigenvalue weighted by Crippen LogP contribution is 2.37. The Morgan fingerprint density at radius 2 is 0.974 bits per heavy atom. The van der Waals surface area contributed by atoms with Crippen LogP contribution in [0.15, 0.2) is 121 Å².